The summed E-state index contributed by atoms with van der Waals surface area (Å²) >= 11 is 0. The van der Waals surface area contributed by atoms with Gasteiger partial charge in [-0.1, -0.05) is 0 Å². The molecule has 6 heavy (non-hydrogen) atoms. The molecular formula is C2H7Cl2OTi. The Morgan fingerprint density at radius 3 is 1.00 bits per heavy atom. The molecule has 1 radical (unpaired) electrons. The van der Waals surface area contributed by atoms with Gasteiger partial charge in [-0.3, -0.25) is 0 Å². The summed E-state index contributed by atoms with van der Waals surface area (Å²) < 4.78 is 0. The number of hydrogen-bond acceptors (Lipinski definition) is 1. The molecule has 0 aromatic heterocycles. The molecule has 0 rings (SSSR count). The van der Waals surface area contributed by atoms with Crippen molar-refractivity contribution < 1.29 is 51.6 Å². The molecule has 0 aliphatic carbocycles. The summed E-state index contributed by atoms with van der Waals surface area (Å²) in [5.41, 5.74) is 0. The quantitative estimate of drug-likeness (QED) is 0.280. The van der Waals surface area contributed by atoms with Crippen LogP contribution in [0.4, 0.5) is 0 Å². The molecule has 0 heterocycles. The largest absolute Gasteiger partial charge is 3.00 e. The van der Waals surface area contributed by atoms with Crippen LogP contribution in [0.15, 0.2) is 0 Å². The van der Waals surface area contributed by atoms with Gasteiger partial charge in [-0.2, -0.15) is 0 Å². The van der Waals surface area contributed by atoms with Gasteiger partial charge in [-0.05, 0) is 0 Å². The van der Waals surface area contributed by atoms with Crippen LogP contribution in [-0.4, -0.2) is 12.2 Å². The van der Waals surface area contributed by atoms with Crippen LogP contribution in [0, 0.1) is 7.43 Å². The molecule has 0 atom stereocenters. The van der Waals surface area contributed by atoms with Gasteiger partial charge in [0.05, 0.1) is 0 Å². The van der Waals surface area contributed by atoms with E-state index in [4.69, 9.17) is 5.11 Å². The predicted octanol–water partition coefficient (Wildman–Crippen LogP) is -5.94. The smallest absolute Gasteiger partial charge is 1.00 e. The van der Waals surface area contributed by atoms with Crippen molar-refractivity contribution in [2.45, 2.75) is 0 Å². The molecule has 4 heteroatoms. The van der Waals surface area contributed by atoms with E-state index in [0.29, 0.717) is 0 Å². The standard InChI is InChI=1S/CH4O.CH3.2ClH.Ti/c1-2;;;;/h2H,1H3;1H3;2*1H;/q;-1;;;+3/p-2. The average molecular weight is 166 g/mol. The van der Waals surface area contributed by atoms with Crippen molar-refractivity contribution in [2.75, 3.05) is 7.11 Å². The Morgan fingerprint density at radius 1 is 1.00 bits per heavy atom. The Morgan fingerprint density at radius 2 is 1.00 bits per heavy atom. The molecular weight excluding hydrogens is 159 g/mol. The summed E-state index contributed by atoms with van der Waals surface area (Å²) in [6.07, 6.45) is 0. The molecule has 0 fully saturated rings. The summed E-state index contributed by atoms with van der Waals surface area (Å²) in [4.78, 5) is 0. The van der Waals surface area contributed by atoms with Gasteiger partial charge in [-0.15, -0.1) is 0 Å². The van der Waals surface area contributed by atoms with Crippen molar-refractivity contribution in [1.29, 1.82) is 0 Å². The molecule has 1 N–H and O–H groups in total. The Labute approximate surface area is 66.2 Å². The molecule has 0 aliphatic heterocycles. The molecule has 0 amide bonds. The Hall–Kier alpha value is 1.25. The molecule has 0 aliphatic rings. The Balaban J connectivity index is -0.000000000833. The van der Waals surface area contributed by atoms with Crippen molar-refractivity contribution in [1.82, 2.24) is 0 Å². The topological polar surface area (TPSA) is 20.2 Å². The molecule has 39 valence electrons. The zero-order valence-corrected chi connectivity index (χ0v) is 6.78. The van der Waals surface area contributed by atoms with Gasteiger partial charge in [0.2, 0.25) is 0 Å². The van der Waals surface area contributed by atoms with Gasteiger partial charge >= 0.3 is 21.7 Å². The first-order valence-corrected chi connectivity index (χ1v) is 0.447. The minimum absolute atomic E-state index is 0. The van der Waals surface area contributed by atoms with Crippen LogP contribution in [0.5, 0.6) is 0 Å². The summed E-state index contributed by atoms with van der Waals surface area (Å²) in [5, 5.41) is 7.00. The van der Waals surface area contributed by atoms with Crippen LogP contribution in [0.25, 0.3) is 0 Å². The zero-order chi connectivity index (χ0) is 2.00. The minimum Gasteiger partial charge on any atom is -1.00 e. The average Bonchev–Trinajstić information content (AvgIpc) is 1.00. The normalized spacial score (nSPS) is 1.00. The van der Waals surface area contributed by atoms with Gasteiger partial charge in [0.1, 0.15) is 0 Å². The third-order valence-electron chi connectivity index (χ3n) is 0. The first kappa shape index (κ1) is 55.8. The number of hydrogen-bond donors (Lipinski definition) is 1. The van der Waals surface area contributed by atoms with Crippen molar-refractivity contribution in [3.05, 3.63) is 7.43 Å². The second-order valence-corrected chi connectivity index (χ2v) is 0. The fraction of sp³-hybridized carbons (Fsp3) is 0.500. The number of rotatable bonds is 0. The first-order chi connectivity index (χ1) is 1.00. The third-order valence-corrected chi connectivity index (χ3v) is 0. The number of aliphatic hydroxyl groups excluding tert-OH is 1. The third kappa shape index (κ3) is 60.4. The summed E-state index contributed by atoms with van der Waals surface area (Å²) in [6, 6.07) is 0. The van der Waals surface area contributed by atoms with Crippen LogP contribution >= 0.6 is 0 Å². The molecule has 1 nitrogen and oxygen atoms in total. The van der Waals surface area contributed by atoms with Crippen molar-refractivity contribution in [2.24, 2.45) is 0 Å². The van der Waals surface area contributed by atoms with Gasteiger partial charge in [-0.25, -0.2) is 0 Å². The van der Waals surface area contributed by atoms with Crippen LogP contribution in [0.2, 0.25) is 0 Å². The summed E-state index contributed by atoms with van der Waals surface area (Å²) in [5.74, 6) is 0. The fourth-order valence-electron chi connectivity index (χ4n) is 0. The van der Waals surface area contributed by atoms with Crippen molar-refractivity contribution >= 4 is 0 Å². The van der Waals surface area contributed by atoms with Gasteiger partial charge in [0.15, 0.2) is 0 Å². The molecule has 0 saturated carbocycles. The van der Waals surface area contributed by atoms with Gasteiger partial charge in [0, 0.05) is 7.11 Å². The van der Waals surface area contributed by atoms with E-state index in [1.54, 1.807) is 0 Å². The minimum atomic E-state index is 0. The van der Waals surface area contributed by atoms with Crippen LogP contribution in [-0.2, 0) is 21.7 Å². The fourth-order valence-corrected chi connectivity index (χ4v) is 0. The monoisotopic (exact) mass is 165 g/mol. The SMILES string of the molecule is CO.[CH3-].[Cl-].[Cl-].[Ti+3]. The number of halogens is 2. The molecule has 0 saturated heterocycles. The summed E-state index contributed by atoms with van der Waals surface area (Å²) in [7, 11) is 1.00. The first-order valence-electron chi connectivity index (χ1n) is 0.447. The summed E-state index contributed by atoms with van der Waals surface area (Å²) in [6.45, 7) is 0. The van der Waals surface area contributed by atoms with E-state index in [9.17, 15) is 0 Å². The van der Waals surface area contributed by atoms with E-state index < -0.39 is 0 Å². The van der Waals surface area contributed by atoms with E-state index in [-0.39, 0.29) is 54.0 Å². The van der Waals surface area contributed by atoms with Crippen LogP contribution < -0.4 is 24.8 Å². The maximum atomic E-state index is 7.00. The van der Waals surface area contributed by atoms with Crippen molar-refractivity contribution in [3.63, 3.8) is 0 Å². The van der Waals surface area contributed by atoms with Crippen LogP contribution in [0.3, 0.4) is 0 Å². The van der Waals surface area contributed by atoms with E-state index in [1.165, 1.54) is 0 Å². The van der Waals surface area contributed by atoms with Crippen molar-refractivity contribution in [3.8, 4) is 0 Å². The molecule has 0 aromatic carbocycles. The van der Waals surface area contributed by atoms with E-state index >= 15 is 0 Å². The molecule has 0 aromatic rings. The number of aliphatic hydroxyl groups is 1. The maximum absolute atomic E-state index is 7.00. The van der Waals surface area contributed by atoms with E-state index in [2.05, 4.69) is 0 Å². The molecule has 0 bridgehead atoms. The maximum Gasteiger partial charge on any atom is 3.00 e. The predicted molar refractivity (Wildman–Crippen MR) is 14.6 cm³/mol. The second kappa shape index (κ2) is 110. The zero-order valence-electron chi connectivity index (χ0n) is 3.70. The second-order valence-electron chi connectivity index (χ2n) is 0. The Kier molecular flexibility index (Phi) is 1020. The Bertz CT molecular complexity index is 11.5. The van der Waals surface area contributed by atoms with E-state index in [1.807, 2.05) is 0 Å². The van der Waals surface area contributed by atoms with E-state index in [0.717, 1.165) is 7.11 Å². The van der Waals surface area contributed by atoms with Gasteiger partial charge in [0.25, 0.3) is 0 Å². The molecule has 0 spiro atoms. The van der Waals surface area contributed by atoms with Gasteiger partial charge < -0.3 is 37.3 Å². The van der Waals surface area contributed by atoms with Crippen LogP contribution in [0.1, 0.15) is 0 Å². The molecule has 0 unspecified atom stereocenters.